The summed E-state index contributed by atoms with van der Waals surface area (Å²) in [6.07, 6.45) is -14.5. The number of aromatic hydroxyl groups is 2. The molecule has 2 aliphatic heterocycles. The Morgan fingerprint density at radius 2 is 1.51 bits per heavy atom. The Kier molecular flexibility index (Phi) is 8.06. The molecule has 0 amide bonds. The lowest BCUT2D eigenvalue weighted by molar-refractivity contribution is -0.277. The van der Waals surface area contributed by atoms with Crippen LogP contribution in [0.15, 0.2) is 45.6 Å². The lowest BCUT2D eigenvalue weighted by Crippen LogP contribution is -2.60. The minimum absolute atomic E-state index is 0.111. The topological polar surface area (TPSA) is 249 Å². The van der Waals surface area contributed by atoms with E-state index in [1.165, 1.54) is 30.3 Å². The summed E-state index contributed by atoms with van der Waals surface area (Å²) in [5, 5.41) is 90.0. The molecule has 0 saturated carbocycles. The van der Waals surface area contributed by atoms with Gasteiger partial charge >= 0.3 is 0 Å². The van der Waals surface area contributed by atoms with Gasteiger partial charge in [-0.25, -0.2) is 0 Å². The Balaban J connectivity index is 1.58. The first kappa shape index (κ1) is 29.0. The van der Waals surface area contributed by atoms with Gasteiger partial charge in [-0.1, -0.05) is 0 Å². The molecule has 3 heterocycles. The van der Waals surface area contributed by atoms with Crippen molar-refractivity contribution in [3.63, 3.8) is 0 Å². The maximum Gasteiger partial charge on any atom is 0.239 e. The number of aliphatic hydroxyl groups is 7. The summed E-state index contributed by atoms with van der Waals surface area (Å²) in [5.41, 5.74) is -1.00. The quantitative estimate of drug-likeness (QED) is 0.151. The first-order chi connectivity index (χ1) is 19.5. The molecule has 0 spiro atoms. The molecule has 0 aliphatic carbocycles. The van der Waals surface area contributed by atoms with Crippen LogP contribution in [-0.4, -0.2) is 114 Å². The van der Waals surface area contributed by atoms with E-state index in [1.54, 1.807) is 0 Å². The van der Waals surface area contributed by atoms with E-state index in [0.717, 1.165) is 6.07 Å². The molecule has 222 valence electrons. The fourth-order valence-corrected chi connectivity index (χ4v) is 4.53. The summed E-state index contributed by atoms with van der Waals surface area (Å²) in [5.74, 6) is -1.76. The molecule has 4 unspecified atom stereocenters. The van der Waals surface area contributed by atoms with E-state index in [2.05, 4.69) is 0 Å². The van der Waals surface area contributed by atoms with Gasteiger partial charge in [-0.3, -0.25) is 4.79 Å². The van der Waals surface area contributed by atoms with Gasteiger partial charge in [-0.05, 0) is 24.3 Å². The number of phenolic OH excluding ortho intramolecular Hbond substituents is 2. The molecule has 0 bridgehead atoms. The van der Waals surface area contributed by atoms with Crippen molar-refractivity contribution in [3.05, 3.63) is 46.6 Å². The summed E-state index contributed by atoms with van der Waals surface area (Å²) in [7, 11) is 0. The average molecular weight is 580 g/mol. The third-order valence-corrected chi connectivity index (χ3v) is 6.82. The lowest BCUT2D eigenvalue weighted by Gasteiger charge is -2.39. The van der Waals surface area contributed by atoms with Crippen molar-refractivity contribution in [1.29, 1.82) is 0 Å². The average Bonchev–Trinajstić information content (AvgIpc) is 2.95. The fraction of sp³-hybridized carbons (Fsp3) is 0.423. The number of benzene rings is 2. The fourth-order valence-electron chi connectivity index (χ4n) is 4.53. The van der Waals surface area contributed by atoms with Crippen molar-refractivity contribution in [2.75, 3.05) is 13.2 Å². The highest BCUT2D eigenvalue weighted by Crippen LogP contribution is 2.38. The zero-order valence-corrected chi connectivity index (χ0v) is 21.0. The van der Waals surface area contributed by atoms with Gasteiger partial charge < -0.3 is 69.3 Å². The van der Waals surface area contributed by atoms with Crippen LogP contribution >= 0.6 is 0 Å². The highest BCUT2D eigenvalue weighted by atomic mass is 16.7. The van der Waals surface area contributed by atoms with E-state index in [9.17, 15) is 50.8 Å². The second-order valence-corrected chi connectivity index (χ2v) is 9.64. The third kappa shape index (κ3) is 5.42. The van der Waals surface area contributed by atoms with E-state index < -0.39 is 84.2 Å². The van der Waals surface area contributed by atoms with E-state index >= 15 is 0 Å². The molecule has 9 N–H and O–H groups in total. The lowest BCUT2D eigenvalue weighted by atomic mass is 9.99. The van der Waals surface area contributed by atoms with Crippen molar-refractivity contribution in [1.82, 2.24) is 0 Å². The second kappa shape index (κ2) is 11.4. The Morgan fingerprint density at radius 3 is 2.20 bits per heavy atom. The van der Waals surface area contributed by atoms with Gasteiger partial charge in [0, 0.05) is 17.7 Å². The molecule has 2 aromatic carbocycles. The van der Waals surface area contributed by atoms with Gasteiger partial charge in [0.1, 0.15) is 70.9 Å². The first-order valence-electron chi connectivity index (χ1n) is 12.4. The van der Waals surface area contributed by atoms with E-state index in [4.69, 9.17) is 23.4 Å². The summed E-state index contributed by atoms with van der Waals surface area (Å²) in [6.45, 7) is -1.10. The number of hydrogen-bond acceptors (Lipinski definition) is 15. The molecular formula is C26H28O15. The molecule has 3 aromatic rings. The van der Waals surface area contributed by atoms with Gasteiger partial charge in [0.2, 0.25) is 23.8 Å². The van der Waals surface area contributed by atoms with Crippen LogP contribution in [0.1, 0.15) is 0 Å². The van der Waals surface area contributed by atoms with Crippen molar-refractivity contribution in [3.8, 4) is 34.3 Å². The molecule has 0 radical (unpaired) electrons. The number of hydrogen-bond donors (Lipinski definition) is 9. The molecule has 9 atom stereocenters. The predicted octanol–water partition coefficient (Wildman–Crippen LogP) is -2.13. The minimum Gasteiger partial charge on any atom is -0.508 e. The predicted molar refractivity (Wildman–Crippen MR) is 134 cm³/mol. The molecule has 15 nitrogen and oxygen atoms in total. The molecule has 5 rings (SSSR count). The Hall–Kier alpha value is -3.51. The number of rotatable bonds is 6. The highest BCUT2D eigenvalue weighted by Gasteiger charge is 2.45. The zero-order chi connectivity index (χ0) is 29.6. The van der Waals surface area contributed by atoms with Crippen LogP contribution in [0.3, 0.4) is 0 Å². The van der Waals surface area contributed by atoms with Crippen molar-refractivity contribution in [2.45, 2.75) is 55.3 Å². The molecule has 2 fully saturated rings. The standard InChI is InChI=1S/C26H28O15/c27-7-15-18(32)20(34)22(36)26(40-15)41-24-19(33)16-12(29)5-11(38-25-21(35)17(31)13(30)8-37-25)6-14(16)39-23(24)9-1-3-10(28)4-2-9/h1-6,13,15,17-18,20-22,25-32,34-36H,7-8H2/t13-,15?,17+,18-,20?,21?,22?,25+,26-/m1/s1. The van der Waals surface area contributed by atoms with Gasteiger partial charge in [0.15, 0.2) is 5.76 Å². The Morgan fingerprint density at radius 1 is 0.829 bits per heavy atom. The van der Waals surface area contributed by atoms with Crippen LogP contribution < -0.4 is 14.9 Å². The summed E-state index contributed by atoms with van der Waals surface area (Å²) >= 11 is 0. The monoisotopic (exact) mass is 580 g/mol. The summed E-state index contributed by atoms with van der Waals surface area (Å²) in [4.78, 5) is 13.7. The van der Waals surface area contributed by atoms with Crippen LogP contribution in [0.2, 0.25) is 0 Å². The maximum absolute atomic E-state index is 13.7. The van der Waals surface area contributed by atoms with Crippen LogP contribution in [0.4, 0.5) is 0 Å². The van der Waals surface area contributed by atoms with Crippen LogP contribution in [0.25, 0.3) is 22.3 Å². The van der Waals surface area contributed by atoms with Gasteiger partial charge in [0.25, 0.3) is 0 Å². The van der Waals surface area contributed by atoms with E-state index in [-0.39, 0.29) is 35.0 Å². The SMILES string of the molecule is O=c1c(O[C@H]2OC(CO)[C@@H](O)C(O)C2O)c(-c2ccc(O)cc2)oc2cc(O[C@@H]3OC[C@@H](O)[C@H](O)C3O)cc(O)c12. The van der Waals surface area contributed by atoms with Crippen molar-refractivity contribution in [2.24, 2.45) is 0 Å². The molecule has 2 saturated heterocycles. The molecule has 2 aliphatic rings. The smallest absolute Gasteiger partial charge is 0.239 e. The Labute approximate surface area is 230 Å². The largest absolute Gasteiger partial charge is 0.508 e. The van der Waals surface area contributed by atoms with Gasteiger partial charge in [0.05, 0.1) is 13.2 Å². The van der Waals surface area contributed by atoms with Gasteiger partial charge in [-0.2, -0.15) is 0 Å². The summed E-state index contributed by atoms with van der Waals surface area (Å²) < 4.78 is 27.7. The first-order valence-corrected chi connectivity index (χ1v) is 12.4. The van der Waals surface area contributed by atoms with Crippen LogP contribution in [0.5, 0.6) is 23.0 Å². The molecule has 1 aromatic heterocycles. The number of fused-ring (bicyclic) bond motifs is 1. The third-order valence-electron chi connectivity index (χ3n) is 6.82. The number of ether oxygens (including phenoxy) is 4. The van der Waals surface area contributed by atoms with Crippen LogP contribution in [-0.2, 0) is 9.47 Å². The maximum atomic E-state index is 13.7. The zero-order valence-electron chi connectivity index (χ0n) is 21.0. The van der Waals surface area contributed by atoms with E-state index in [1.807, 2.05) is 0 Å². The van der Waals surface area contributed by atoms with Gasteiger partial charge in [-0.15, -0.1) is 0 Å². The highest BCUT2D eigenvalue weighted by molar-refractivity contribution is 5.88. The summed E-state index contributed by atoms with van der Waals surface area (Å²) in [6, 6.07) is 7.51. The molecule has 41 heavy (non-hydrogen) atoms. The van der Waals surface area contributed by atoms with Crippen molar-refractivity contribution >= 4 is 11.0 Å². The minimum atomic E-state index is -1.87. The molecular weight excluding hydrogens is 552 g/mol. The number of aliphatic hydroxyl groups excluding tert-OH is 7. The second-order valence-electron chi connectivity index (χ2n) is 9.64. The molecule has 15 heteroatoms. The van der Waals surface area contributed by atoms with Crippen molar-refractivity contribution < 1.29 is 69.3 Å². The Bertz CT molecular complexity index is 1440. The number of phenols is 2. The normalized spacial score (nSPS) is 32.1. The van der Waals surface area contributed by atoms with Crippen LogP contribution in [0, 0.1) is 0 Å². The van der Waals surface area contributed by atoms with E-state index in [0.29, 0.717) is 0 Å².